The molecule has 2 heterocycles. The maximum Gasteiger partial charge on any atom is 0.258 e. The van der Waals surface area contributed by atoms with Crippen LogP contribution in [0.5, 0.6) is 17.4 Å². The molecule has 4 aromatic rings. The first-order valence-electron chi connectivity index (χ1n) is 8.56. The number of fused-ring (bicyclic) bond motifs is 1. The van der Waals surface area contributed by atoms with Crippen molar-refractivity contribution in [3.05, 3.63) is 76.2 Å². The van der Waals surface area contributed by atoms with E-state index in [0.717, 1.165) is 11.3 Å². The van der Waals surface area contributed by atoms with E-state index in [0.29, 0.717) is 21.9 Å². The minimum absolute atomic E-state index is 0.200. The predicted octanol–water partition coefficient (Wildman–Crippen LogP) is 3.26. The Morgan fingerprint density at radius 2 is 1.82 bits per heavy atom. The number of rotatable bonds is 4. The van der Waals surface area contributed by atoms with Gasteiger partial charge in [0, 0.05) is 28.9 Å². The highest BCUT2D eigenvalue weighted by Crippen LogP contribution is 2.27. The molecular formula is C21H17N3O4. The zero-order valence-corrected chi connectivity index (χ0v) is 14.7. The molecule has 0 unspecified atom stereocenters. The van der Waals surface area contributed by atoms with Crippen LogP contribution < -0.4 is 5.56 Å². The monoisotopic (exact) mass is 375 g/mol. The number of hydrogen-bond donors (Lipinski definition) is 5. The maximum absolute atomic E-state index is 12.2. The van der Waals surface area contributed by atoms with Crippen LogP contribution in [-0.2, 0) is 6.54 Å². The predicted molar refractivity (Wildman–Crippen MR) is 107 cm³/mol. The molecule has 5 N–H and O–H groups in total. The van der Waals surface area contributed by atoms with Gasteiger partial charge in [0.15, 0.2) is 11.5 Å². The van der Waals surface area contributed by atoms with Crippen molar-refractivity contribution in [1.82, 2.24) is 9.97 Å². The number of nitrogens with one attached hydrogen (secondary N) is 2. The molecule has 0 bridgehead atoms. The Labute approximate surface area is 159 Å². The standard InChI is InChI=1S/C21H17N3O4/c25-18-6-3-12(8-19(18)26)10-22-11-16-15-9-13(17-2-1-7-23-17)4-5-14(15)20(27)24-21(16)28/h1-9,11,23,25-26H,10H2,(H2,24,27,28). The van der Waals surface area contributed by atoms with Gasteiger partial charge in [0.05, 0.1) is 12.1 Å². The Kier molecular flexibility index (Phi) is 4.33. The lowest BCUT2D eigenvalue weighted by molar-refractivity contribution is 0.403. The third kappa shape index (κ3) is 3.21. The molecule has 4 rings (SSSR count). The van der Waals surface area contributed by atoms with Crippen LogP contribution in [0.25, 0.3) is 22.0 Å². The first-order valence-corrected chi connectivity index (χ1v) is 8.56. The van der Waals surface area contributed by atoms with Gasteiger partial charge in [-0.1, -0.05) is 12.1 Å². The fraction of sp³-hybridized carbons (Fsp3) is 0.0476. The molecule has 0 atom stereocenters. The zero-order chi connectivity index (χ0) is 19.7. The van der Waals surface area contributed by atoms with E-state index >= 15 is 0 Å². The first kappa shape index (κ1) is 17.4. The molecule has 7 nitrogen and oxygen atoms in total. The van der Waals surface area contributed by atoms with Gasteiger partial charge >= 0.3 is 0 Å². The lowest BCUT2D eigenvalue weighted by Crippen LogP contribution is -2.08. The summed E-state index contributed by atoms with van der Waals surface area (Å²) in [4.78, 5) is 22.0. The van der Waals surface area contributed by atoms with Crippen molar-refractivity contribution >= 4 is 17.0 Å². The lowest BCUT2D eigenvalue weighted by atomic mass is 10.0. The SMILES string of the molecule is O=c1[nH]c(O)c(C=NCc2ccc(O)c(O)c2)c2cc(-c3ccc[nH]3)ccc12. The van der Waals surface area contributed by atoms with Crippen LogP contribution >= 0.6 is 0 Å². The summed E-state index contributed by atoms with van der Waals surface area (Å²) < 4.78 is 0. The van der Waals surface area contributed by atoms with Crippen molar-refractivity contribution < 1.29 is 15.3 Å². The van der Waals surface area contributed by atoms with Gasteiger partial charge in [0.1, 0.15) is 0 Å². The quantitative estimate of drug-likeness (QED) is 0.278. The van der Waals surface area contributed by atoms with E-state index in [-0.39, 0.29) is 29.5 Å². The largest absolute Gasteiger partial charge is 0.504 e. The van der Waals surface area contributed by atoms with Crippen LogP contribution in [0.1, 0.15) is 11.1 Å². The van der Waals surface area contributed by atoms with Gasteiger partial charge in [0.25, 0.3) is 5.56 Å². The highest BCUT2D eigenvalue weighted by Gasteiger charge is 2.11. The van der Waals surface area contributed by atoms with Crippen molar-refractivity contribution in [2.75, 3.05) is 0 Å². The molecule has 0 saturated carbocycles. The van der Waals surface area contributed by atoms with Crippen LogP contribution in [0, 0.1) is 0 Å². The fourth-order valence-corrected chi connectivity index (χ4v) is 3.05. The molecule has 28 heavy (non-hydrogen) atoms. The summed E-state index contributed by atoms with van der Waals surface area (Å²) in [6.07, 6.45) is 3.29. The van der Waals surface area contributed by atoms with Crippen molar-refractivity contribution in [1.29, 1.82) is 0 Å². The second kappa shape index (κ2) is 6.96. The van der Waals surface area contributed by atoms with Gasteiger partial charge < -0.3 is 20.3 Å². The molecular weight excluding hydrogens is 358 g/mol. The normalized spacial score (nSPS) is 11.4. The number of hydrogen-bond acceptors (Lipinski definition) is 5. The second-order valence-electron chi connectivity index (χ2n) is 6.35. The number of aromatic nitrogens is 2. The lowest BCUT2D eigenvalue weighted by Gasteiger charge is -2.07. The Balaban J connectivity index is 1.75. The Hall–Kier alpha value is -4.00. The van der Waals surface area contributed by atoms with E-state index in [9.17, 15) is 20.1 Å². The third-order valence-electron chi connectivity index (χ3n) is 4.48. The molecule has 0 amide bonds. The molecule has 2 aromatic carbocycles. The summed E-state index contributed by atoms with van der Waals surface area (Å²) in [6.45, 7) is 0.226. The highest BCUT2D eigenvalue weighted by atomic mass is 16.3. The molecule has 0 aliphatic carbocycles. The summed E-state index contributed by atoms with van der Waals surface area (Å²) >= 11 is 0. The zero-order valence-electron chi connectivity index (χ0n) is 14.7. The third-order valence-corrected chi connectivity index (χ3v) is 4.48. The van der Waals surface area contributed by atoms with Crippen molar-refractivity contribution in [3.63, 3.8) is 0 Å². The number of aromatic hydroxyl groups is 3. The summed E-state index contributed by atoms with van der Waals surface area (Å²) in [5, 5.41) is 30.2. The van der Waals surface area contributed by atoms with E-state index in [1.54, 1.807) is 12.1 Å². The van der Waals surface area contributed by atoms with E-state index in [1.807, 2.05) is 30.5 Å². The number of H-pyrrole nitrogens is 2. The first-order chi connectivity index (χ1) is 13.5. The van der Waals surface area contributed by atoms with Gasteiger partial charge in [-0.2, -0.15) is 0 Å². The molecule has 7 heteroatoms. The summed E-state index contributed by atoms with van der Waals surface area (Å²) in [7, 11) is 0. The van der Waals surface area contributed by atoms with Crippen molar-refractivity contribution in [2.45, 2.75) is 6.54 Å². The van der Waals surface area contributed by atoms with Crippen LogP contribution in [0.2, 0.25) is 0 Å². The molecule has 0 aliphatic rings. The highest BCUT2D eigenvalue weighted by molar-refractivity contribution is 6.02. The Bertz CT molecular complexity index is 1240. The number of phenols is 2. The van der Waals surface area contributed by atoms with Crippen LogP contribution in [0.3, 0.4) is 0 Å². The average Bonchev–Trinajstić information content (AvgIpc) is 3.21. The second-order valence-corrected chi connectivity index (χ2v) is 6.35. The summed E-state index contributed by atoms with van der Waals surface area (Å²) in [5.74, 6) is -0.687. The number of phenolic OH excluding ortho intramolecular Hbond substituents is 2. The minimum Gasteiger partial charge on any atom is -0.504 e. The van der Waals surface area contributed by atoms with E-state index in [4.69, 9.17) is 0 Å². The number of aromatic amines is 2. The molecule has 140 valence electrons. The van der Waals surface area contributed by atoms with Gasteiger partial charge in [-0.3, -0.25) is 14.8 Å². The van der Waals surface area contributed by atoms with Gasteiger partial charge in [-0.15, -0.1) is 0 Å². The molecule has 0 fully saturated rings. The van der Waals surface area contributed by atoms with Crippen LogP contribution in [-0.4, -0.2) is 31.5 Å². The van der Waals surface area contributed by atoms with Gasteiger partial charge in [0.2, 0.25) is 5.88 Å². The Morgan fingerprint density at radius 3 is 2.57 bits per heavy atom. The van der Waals surface area contributed by atoms with E-state index in [2.05, 4.69) is 15.0 Å². The number of nitrogens with zero attached hydrogens (tertiary/aromatic N) is 1. The maximum atomic E-state index is 12.2. The average molecular weight is 375 g/mol. The van der Waals surface area contributed by atoms with E-state index in [1.165, 1.54) is 18.3 Å². The van der Waals surface area contributed by atoms with Crippen LogP contribution in [0.15, 0.2) is 64.5 Å². The molecule has 0 aliphatic heterocycles. The number of pyridine rings is 1. The molecule has 0 spiro atoms. The topological polar surface area (TPSA) is 122 Å². The number of aliphatic imine (C=N–C) groups is 1. The fourth-order valence-electron chi connectivity index (χ4n) is 3.05. The number of benzene rings is 2. The van der Waals surface area contributed by atoms with Gasteiger partial charge in [-0.05, 0) is 47.5 Å². The van der Waals surface area contributed by atoms with Crippen molar-refractivity contribution in [3.8, 4) is 28.6 Å². The molecule has 0 saturated heterocycles. The minimum atomic E-state index is -0.383. The molecule has 2 aromatic heterocycles. The smallest absolute Gasteiger partial charge is 0.258 e. The van der Waals surface area contributed by atoms with Gasteiger partial charge in [-0.25, -0.2) is 0 Å². The molecule has 0 radical (unpaired) electrons. The summed E-state index contributed by atoms with van der Waals surface area (Å²) in [6, 6.07) is 13.6. The van der Waals surface area contributed by atoms with Crippen molar-refractivity contribution in [2.24, 2.45) is 4.99 Å². The van der Waals surface area contributed by atoms with E-state index < -0.39 is 0 Å². The van der Waals surface area contributed by atoms with Crippen LogP contribution in [0.4, 0.5) is 0 Å². The summed E-state index contributed by atoms with van der Waals surface area (Å²) in [5.41, 5.74) is 2.47. The Morgan fingerprint density at radius 1 is 0.964 bits per heavy atom.